The summed E-state index contributed by atoms with van der Waals surface area (Å²) in [6.45, 7) is 6.67. The second-order valence-electron chi connectivity index (χ2n) is 6.50. The summed E-state index contributed by atoms with van der Waals surface area (Å²) in [6, 6.07) is 13.2. The highest BCUT2D eigenvalue weighted by atomic mass is 79.9. The van der Waals surface area contributed by atoms with Crippen LogP contribution in [0.4, 0.5) is 4.79 Å². The van der Waals surface area contributed by atoms with Crippen LogP contribution in [0.25, 0.3) is 0 Å². The molecule has 0 aliphatic heterocycles. The van der Waals surface area contributed by atoms with Gasteiger partial charge in [-0.25, -0.2) is 4.79 Å². The zero-order valence-electron chi connectivity index (χ0n) is 14.7. The fourth-order valence-corrected chi connectivity index (χ4v) is 2.48. The summed E-state index contributed by atoms with van der Waals surface area (Å²) in [5.74, 6) is 0.740. The number of halogens is 1. The van der Waals surface area contributed by atoms with E-state index >= 15 is 0 Å². The highest BCUT2D eigenvalue weighted by Gasteiger charge is 2.22. The molecule has 1 heterocycles. The third-order valence-corrected chi connectivity index (χ3v) is 3.84. The van der Waals surface area contributed by atoms with E-state index in [1.807, 2.05) is 63.2 Å². The van der Waals surface area contributed by atoms with E-state index in [1.165, 1.54) is 0 Å². The van der Waals surface area contributed by atoms with Gasteiger partial charge in [0.1, 0.15) is 18.0 Å². The Kier molecular flexibility index (Phi) is 6.82. The number of aromatic nitrogens is 1. The predicted octanol–water partition coefficient (Wildman–Crippen LogP) is 4.66. The predicted molar refractivity (Wildman–Crippen MR) is 101 cm³/mol. The number of benzene rings is 1. The molecular formula is C19H23BrN2O3. The summed E-state index contributed by atoms with van der Waals surface area (Å²) in [5.41, 5.74) is 0.247. The van der Waals surface area contributed by atoms with Crippen molar-refractivity contribution in [2.45, 2.75) is 32.9 Å². The fraction of sp³-hybridized carbons (Fsp3) is 0.368. The van der Waals surface area contributed by atoms with E-state index < -0.39 is 5.60 Å². The van der Waals surface area contributed by atoms with Gasteiger partial charge in [-0.3, -0.25) is 9.88 Å². The van der Waals surface area contributed by atoms with Gasteiger partial charge in [-0.05, 0) is 61.0 Å². The molecule has 1 aromatic carbocycles. The molecule has 1 aromatic heterocycles. The lowest BCUT2D eigenvalue weighted by Crippen LogP contribution is -2.38. The van der Waals surface area contributed by atoms with E-state index in [1.54, 1.807) is 11.1 Å². The number of ether oxygens (including phenoxy) is 2. The van der Waals surface area contributed by atoms with Gasteiger partial charge in [0.25, 0.3) is 0 Å². The van der Waals surface area contributed by atoms with Gasteiger partial charge in [0, 0.05) is 6.20 Å². The van der Waals surface area contributed by atoms with Crippen LogP contribution in [-0.2, 0) is 11.3 Å². The molecule has 5 nitrogen and oxygen atoms in total. The Morgan fingerprint density at radius 2 is 1.88 bits per heavy atom. The Labute approximate surface area is 157 Å². The highest BCUT2D eigenvalue weighted by Crippen LogP contribution is 2.23. The maximum atomic E-state index is 12.5. The number of para-hydroxylation sites is 1. The average molecular weight is 407 g/mol. The molecule has 0 saturated carbocycles. The second-order valence-corrected chi connectivity index (χ2v) is 7.36. The minimum atomic E-state index is -0.553. The largest absolute Gasteiger partial charge is 0.491 e. The zero-order valence-corrected chi connectivity index (χ0v) is 16.3. The number of nitrogens with zero attached hydrogens (tertiary/aromatic N) is 2. The van der Waals surface area contributed by atoms with Crippen molar-refractivity contribution in [3.8, 4) is 5.75 Å². The smallest absolute Gasteiger partial charge is 0.410 e. The first kappa shape index (κ1) is 19.2. The number of pyridine rings is 1. The standard InChI is InChI=1S/C19H23BrN2O3/c1-19(2,3)25-18(23)22(14-15-8-6-7-11-21-15)12-13-24-17-10-5-4-9-16(17)20/h4-11H,12-14H2,1-3H3. The zero-order chi connectivity index (χ0) is 18.3. The lowest BCUT2D eigenvalue weighted by Gasteiger charge is -2.27. The van der Waals surface area contributed by atoms with Crippen LogP contribution in [0.2, 0.25) is 0 Å². The van der Waals surface area contributed by atoms with E-state index in [4.69, 9.17) is 9.47 Å². The number of carbonyl (C=O) groups excluding carboxylic acids is 1. The molecule has 2 rings (SSSR count). The summed E-state index contributed by atoms with van der Waals surface area (Å²) < 4.78 is 12.1. The molecule has 0 N–H and O–H groups in total. The number of rotatable bonds is 6. The van der Waals surface area contributed by atoms with E-state index in [9.17, 15) is 4.79 Å². The van der Waals surface area contributed by atoms with Crippen LogP contribution in [-0.4, -0.2) is 34.7 Å². The summed E-state index contributed by atoms with van der Waals surface area (Å²) >= 11 is 3.45. The first-order valence-corrected chi connectivity index (χ1v) is 8.89. The minimum Gasteiger partial charge on any atom is -0.491 e. The van der Waals surface area contributed by atoms with Crippen molar-refractivity contribution in [2.24, 2.45) is 0 Å². The van der Waals surface area contributed by atoms with Gasteiger partial charge >= 0.3 is 6.09 Å². The van der Waals surface area contributed by atoms with Gasteiger partial charge in [0.15, 0.2) is 0 Å². The van der Waals surface area contributed by atoms with Crippen LogP contribution in [0.1, 0.15) is 26.5 Å². The first-order chi connectivity index (χ1) is 11.8. The molecule has 25 heavy (non-hydrogen) atoms. The van der Waals surface area contributed by atoms with Gasteiger partial charge < -0.3 is 9.47 Å². The Bertz CT molecular complexity index is 687. The molecule has 0 aliphatic carbocycles. The van der Waals surface area contributed by atoms with Crippen molar-refractivity contribution < 1.29 is 14.3 Å². The molecule has 6 heteroatoms. The van der Waals surface area contributed by atoms with Gasteiger partial charge in [-0.15, -0.1) is 0 Å². The van der Waals surface area contributed by atoms with Crippen molar-refractivity contribution >= 4 is 22.0 Å². The summed E-state index contributed by atoms with van der Waals surface area (Å²) in [5, 5.41) is 0. The number of carbonyl (C=O) groups is 1. The van der Waals surface area contributed by atoms with Crippen LogP contribution in [0.5, 0.6) is 5.75 Å². The molecule has 0 unspecified atom stereocenters. The van der Waals surface area contributed by atoms with Crippen molar-refractivity contribution in [1.82, 2.24) is 9.88 Å². The quantitative estimate of drug-likeness (QED) is 0.699. The van der Waals surface area contributed by atoms with Crippen molar-refractivity contribution in [1.29, 1.82) is 0 Å². The van der Waals surface area contributed by atoms with Crippen LogP contribution >= 0.6 is 15.9 Å². The molecule has 1 amide bonds. The van der Waals surface area contributed by atoms with E-state index in [0.29, 0.717) is 19.7 Å². The molecule has 0 fully saturated rings. The maximum Gasteiger partial charge on any atom is 0.410 e. The monoisotopic (exact) mass is 406 g/mol. The summed E-state index contributed by atoms with van der Waals surface area (Å²) in [6.07, 6.45) is 1.33. The topological polar surface area (TPSA) is 51.7 Å². The average Bonchev–Trinajstić information content (AvgIpc) is 2.55. The van der Waals surface area contributed by atoms with Gasteiger partial charge in [0.2, 0.25) is 0 Å². The molecule has 0 spiro atoms. The number of amides is 1. The Morgan fingerprint density at radius 1 is 1.16 bits per heavy atom. The lowest BCUT2D eigenvalue weighted by atomic mass is 10.2. The lowest BCUT2D eigenvalue weighted by molar-refractivity contribution is 0.0206. The van der Waals surface area contributed by atoms with Gasteiger partial charge in [0.05, 0.1) is 23.3 Å². The second kappa shape index (κ2) is 8.85. The molecule has 0 atom stereocenters. The molecule has 0 bridgehead atoms. The first-order valence-electron chi connectivity index (χ1n) is 8.10. The van der Waals surface area contributed by atoms with Crippen LogP contribution < -0.4 is 4.74 Å². The molecule has 0 radical (unpaired) electrons. The van der Waals surface area contributed by atoms with Crippen LogP contribution in [0.3, 0.4) is 0 Å². The van der Waals surface area contributed by atoms with Crippen molar-refractivity contribution in [3.63, 3.8) is 0 Å². The molecule has 0 aliphatic rings. The Hall–Kier alpha value is -2.08. The Balaban J connectivity index is 2.00. The van der Waals surface area contributed by atoms with Crippen LogP contribution in [0, 0.1) is 0 Å². The number of hydrogen-bond acceptors (Lipinski definition) is 4. The highest BCUT2D eigenvalue weighted by molar-refractivity contribution is 9.10. The molecule has 134 valence electrons. The van der Waals surface area contributed by atoms with E-state index in [0.717, 1.165) is 15.9 Å². The summed E-state index contributed by atoms with van der Waals surface area (Å²) in [4.78, 5) is 18.4. The van der Waals surface area contributed by atoms with Crippen molar-refractivity contribution in [2.75, 3.05) is 13.2 Å². The van der Waals surface area contributed by atoms with E-state index in [-0.39, 0.29) is 6.09 Å². The maximum absolute atomic E-state index is 12.5. The third-order valence-electron chi connectivity index (χ3n) is 3.19. The van der Waals surface area contributed by atoms with Crippen LogP contribution in [0.15, 0.2) is 53.1 Å². The fourth-order valence-electron chi connectivity index (χ4n) is 2.08. The molecule has 0 saturated heterocycles. The van der Waals surface area contributed by atoms with Gasteiger partial charge in [-0.1, -0.05) is 18.2 Å². The SMILES string of the molecule is CC(C)(C)OC(=O)N(CCOc1ccccc1Br)Cc1ccccn1. The number of hydrogen-bond donors (Lipinski definition) is 0. The normalized spacial score (nSPS) is 11.0. The van der Waals surface area contributed by atoms with E-state index in [2.05, 4.69) is 20.9 Å². The van der Waals surface area contributed by atoms with Crippen molar-refractivity contribution in [3.05, 3.63) is 58.8 Å². The summed E-state index contributed by atoms with van der Waals surface area (Å²) in [7, 11) is 0. The minimum absolute atomic E-state index is 0.356. The molecule has 2 aromatic rings. The molecular weight excluding hydrogens is 384 g/mol. The Morgan fingerprint density at radius 3 is 2.52 bits per heavy atom. The third kappa shape index (κ3) is 6.74. The van der Waals surface area contributed by atoms with Gasteiger partial charge in [-0.2, -0.15) is 0 Å².